The monoisotopic (exact) mass is 361 g/mol. The van der Waals surface area contributed by atoms with Crippen LogP contribution in [-0.4, -0.2) is 48.7 Å². The number of alkyl carbamates (subject to hydrolysis) is 1. The van der Waals surface area contributed by atoms with E-state index in [-0.39, 0.29) is 12.2 Å². The summed E-state index contributed by atoms with van der Waals surface area (Å²) in [4.78, 5) is 26.2. The maximum absolute atomic E-state index is 12.0. The average Bonchev–Trinajstić information content (AvgIpc) is 2.81. The van der Waals surface area contributed by atoms with E-state index >= 15 is 0 Å². The lowest BCUT2D eigenvalue weighted by molar-refractivity contribution is -0.138. The number of esters is 1. The minimum atomic E-state index is -0.644. The van der Waals surface area contributed by atoms with E-state index < -0.39 is 17.6 Å². The zero-order valence-corrected chi connectivity index (χ0v) is 15.6. The zero-order valence-electron chi connectivity index (χ0n) is 15.6. The van der Waals surface area contributed by atoms with E-state index in [1.54, 1.807) is 30.4 Å². The van der Waals surface area contributed by atoms with Gasteiger partial charge in [0.05, 0.1) is 5.54 Å². The van der Waals surface area contributed by atoms with Crippen LogP contribution in [0.15, 0.2) is 47.5 Å². The third-order valence-corrected chi connectivity index (χ3v) is 4.17. The van der Waals surface area contributed by atoms with Crippen LogP contribution in [0.3, 0.4) is 0 Å². The Morgan fingerprint density at radius 3 is 2.73 bits per heavy atom. The van der Waals surface area contributed by atoms with E-state index in [0.717, 1.165) is 19.6 Å². The van der Waals surface area contributed by atoms with Gasteiger partial charge < -0.3 is 25.4 Å². The van der Waals surface area contributed by atoms with Crippen molar-refractivity contribution in [2.45, 2.75) is 32.7 Å². The normalized spacial score (nSPS) is 22.3. The fourth-order valence-corrected chi connectivity index (χ4v) is 2.57. The van der Waals surface area contributed by atoms with Crippen molar-refractivity contribution in [2.75, 3.05) is 26.2 Å². The molecule has 0 aromatic heterocycles. The summed E-state index contributed by atoms with van der Waals surface area (Å²) in [6.07, 6.45) is 7.90. The molecule has 0 saturated heterocycles. The Hall–Kier alpha value is -2.38. The van der Waals surface area contributed by atoms with Crippen LogP contribution in [-0.2, 0) is 14.3 Å². The molecule has 1 heterocycles. The van der Waals surface area contributed by atoms with Gasteiger partial charge in [0.2, 0.25) is 0 Å². The Bertz CT molecular complexity index is 670. The predicted molar refractivity (Wildman–Crippen MR) is 99.0 cm³/mol. The number of nitrogens with zero attached hydrogens (tertiary/aromatic N) is 1. The number of hydrogen-bond acceptors (Lipinski definition) is 6. The van der Waals surface area contributed by atoms with Crippen LogP contribution >= 0.6 is 0 Å². The van der Waals surface area contributed by atoms with Gasteiger partial charge in [0, 0.05) is 18.7 Å². The summed E-state index contributed by atoms with van der Waals surface area (Å²) in [5.41, 5.74) is 6.05. The standard InChI is InChI=1S/C19H27N3O4/c1-4-22(5-2)11-10-21-18(24)25-15-12-14-6-8-19(3,20)9-7-16(14)26-17(23)13-15/h6-9,12H,4-5,10-11,13,20H2,1-3H3,(H,21,24). The number of nitrogens with one attached hydrogen (secondary N) is 1. The van der Waals surface area contributed by atoms with Crippen molar-refractivity contribution in [3.63, 3.8) is 0 Å². The van der Waals surface area contributed by atoms with Crippen LogP contribution in [0.5, 0.6) is 0 Å². The maximum atomic E-state index is 12.0. The smallest absolute Gasteiger partial charge is 0.412 e. The Labute approximate surface area is 154 Å². The molecule has 1 atom stereocenters. The molecule has 26 heavy (non-hydrogen) atoms. The highest BCUT2D eigenvalue weighted by molar-refractivity contribution is 5.77. The summed E-state index contributed by atoms with van der Waals surface area (Å²) in [6, 6.07) is 0. The van der Waals surface area contributed by atoms with E-state index in [4.69, 9.17) is 15.2 Å². The van der Waals surface area contributed by atoms with Crippen molar-refractivity contribution in [2.24, 2.45) is 5.73 Å². The first-order valence-corrected chi connectivity index (χ1v) is 8.84. The fourth-order valence-electron chi connectivity index (χ4n) is 2.57. The van der Waals surface area contributed by atoms with Gasteiger partial charge in [0.15, 0.2) is 0 Å². The van der Waals surface area contributed by atoms with Gasteiger partial charge in [-0.15, -0.1) is 0 Å². The number of rotatable bonds is 6. The Morgan fingerprint density at radius 1 is 1.35 bits per heavy atom. The topological polar surface area (TPSA) is 93.9 Å². The van der Waals surface area contributed by atoms with Crippen molar-refractivity contribution in [3.8, 4) is 0 Å². The minimum Gasteiger partial charge on any atom is -0.426 e. The van der Waals surface area contributed by atoms with Gasteiger partial charge in [0.25, 0.3) is 0 Å². The summed E-state index contributed by atoms with van der Waals surface area (Å²) in [6.45, 7) is 9.01. The van der Waals surface area contributed by atoms with Crippen LogP contribution in [0.25, 0.3) is 0 Å². The second kappa shape index (κ2) is 8.82. The van der Waals surface area contributed by atoms with Crippen molar-refractivity contribution >= 4 is 12.1 Å². The second-order valence-electron chi connectivity index (χ2n) is 6.46. The molecule has 1 aliphatic carbocycles. The first kappa shape index (κ1) is 19.9. The molecule has 7 nitrogen and oxygen atoms in total. The molecule has 1 amide bonds. The molecular formula is C19H27N3O4. The summed E-state index contributed by atoms with van der Waals surface area (Å²) < 4.78 is 10.6. The van der Waals surface area contributed by atoms with Crippen LogP contribution in [0.2, 0.25) is 0 Å². The molecule has 0 bridgehead atoms. The number of nitrogens with two attached hydrogens (primary N) is 1. The highest BCUT2D eigenvalue weighted by atomic mass is 16.6. The van der Waals surface area contributed by atoms with Crippen molar-refractivity contribution in [1.82, 2.24) is 10.2 Å². The molecule has 0 aromatic carbocycles. The molecule has 3 N–H and O–H groups in total. The molecule has 0 aromatic rings. The van der Waals surface area contributed by atoms with Crippen molar-refractivity contribution in [3.05, 3.63) is 47.5 Å². The maximum Gasteiger partial charge on any atom is 0.412 e. The van der Waals surface area contributed by atoms with E-state index in [0.29, 0.717) is 17.9 Å². The number of carbonyl (C=O) groups is 2. The molecule has 7 heteroatoms. The second-order valence-corrected chi connectivity index (χ2v) is 6.46. The molecule has 0 radical (unpaired) electrons. The van der Waals surface area contributed by atoms with E-state index in [1.165, 1.54) is 0 Å². The quantitative estimate of drug-likeness (QED) is 0.703. The van der Waals surface area contributed by atoms with Gasteiger partial charge in [-0.2, -0.15) is 0 Å². The fraction of sp³-hybridized carbons (Fsp3) is 0.474. The van der Waals surface area contributed by atoms with Crippen molar-refractivity contribution in [1.29, 1.82) is 0 Å². The zero-order chi connectivity index (χ0) is 19.2. The Morgan fingerprint density at radius 2 is 2.04 bits per heavy atom. The molecular weight excluding hydrogens is 334 g/mol. The SMILES string of the molecule is CCN(CC)CCNC(=O)OC1=CC2=C(C=CC(C)(N)C=C2)OC(=O)C1. The Balaban J connectivity index is 2.02. The van der Waals surface area contributed by atoms with Crippen molar-refractivity contribution < 1.29 is 19.1 Å². The first-order valence-electron chi connectivity index (χ1n) is 8.84. The molecule has 2 rings (SSSR count). The summed E-state index contributed by atoms with van der Waals surface area (Å²) in [7, 11) is 0. The Kier molecular flexibility index (Phi) is 6.76. The molecule has 0 spiro atoms. The van der Waals surface area contributed by atoms with Gasteiger partial charge in [-0.1, -0.05) is 32.1 Å². The summed E-state index contributed by atoms with van der Waals surface area (Å²) >= 11 is 0. The van der Waals surface area contributed by atoms with Gasteiger partial charge in [-0.05, 0) is 32.2 Å². The van der Waals surface area contributed by atoms with Crippen LogP contribution < -0.4 is 11.1 Å². The third kappa shape index (κ3) is 5.86. The largest absolute Gasteiger partial charge is 0.426 e. The lowest BCUT2D eigenvalue weighted by Gasteiger charge is -2.18. The van der Waals surface area contributed by atoms with Gasteiger partial charge >= 0.3 is 12.1 Å². The lowest BCUT2D eigenvalue weighted by Crippen LogP contribution is -2.35. The number of ether oxygens (including phenoxy) is 2. The van der Waals surface area contributed by atoms with Crippen LogP contribution in [0.4, 0.5) is 4.79 Å². The summed E-state index contributed by atoms with van der Waals surface area (Å²) in [5.74, 6) is 0.135. The van der Waals surface area contributed by atoms with Gasteiger partial charge in [-0.25, -0.2) is 4.79 Å². The highest BCUT2D eigenvalue weighted by Gasteiger charge is 2.22. The molecule has 0 saturated carbocycles. The molecule has 1 unspecified atom stereocenters. The van der Waals surface area contributed by atoms with E-state index in [9.17, 15) is 9.59 Å². The number of carbonyl (C=O) groups excluding carboxylic acids is 2. The van der Waals surface area contributed by atoms with Gasteiger partial charge in [0.1, 0.15) is 17.9 Å². The van der Waals surface area contributed by atoms with Crippen LogP contribution in [0.1, 0.15) is 27.2 Å². The highest BCUT2D eigenvalue weighted by Crippen LogP contribution is 2.25. The third-order valence-electron chi connectivity index (χ3n) is 4.17. The van der Waals surface area contributed by atoms with E-state index in [1.807, 2.05) is 6.92 Å². The first-order chi connectivity index (χ1) is 12.3. The number of hydrogen-bond donors (Lipinski definition) is 2. The summed E-state index contributed by atoms with van der Waals surface area (Å²) in [5, 5.41) is 2.70. The molecule has 142 valence electrons. The minimum absolute atomic E-state index is 0.113. The molecule has 0 fully saturated rings. The predicted octanol–water partition coefficient (Wildman–Crippen LogP) is 1.98. The van der Waals surface area contributed by atoms with Crippen LogP contribution in [0, 0.1) is 0 Å². The number of allylic oxidation sites excluding steroid dienone is 4. The number of amides is 1. The molecule has 1 aliphatic heterocycles. The van der Waals surface area contributed by atoms with E-state index in [2.05, 4.69) is 24.1 Å². The van der Waals surface area contributed by atoms with Gasteiger partial charge in [-0.3, -0.25) is 4.79 Å². The lowest BCUT2D eigenvalue weighted by atomic mass is 10.0. The molecule has 2 aliphatic rings. The average molecular weight is 361 g/mol. The number of likely N-dealkylation sites (N-methyl/N-ethyl adjacent to an activating group) is 1.